The van der Waals surface area contributed by atoms with E-state index >= 15 is 0 Å². The summed E-state index contributed by atoms with van der Waals surface area (Å²) >= 11 is 0. The highest BCUT2D eigenvalue weighted by Crippen LogP contribution is 2.40. The van der Waals surface area contributed by atoms with Crippen LogP contribution in [0.3, 0.4) is 0 Å². The summed E-state index contributed by atoms with van der Waals surface area (Å²) in [6, 6.07) is 31.8. The molecule has 0 aromatic heterocycles. The minimum atomic E-state index is -1.94. The Balaban J connectivity index is 1.88. The van der Waals surface area contributed by atoms with Gasteiger partial charge in [-0.15, -0.1) is 0 Å². The molecular formula is C27H35O2PSi. The molecule has 4 heteroatoms. The summed E-state index contributed by atoms with van der Waals surface area (Å²) in [5, 5.41) is 2.92. The van der Waals surface area contributed by atoms with E-state index in [1.165, 1.54) is 10.6 Å². The Morgan fingerprint density at radius 2 is 1.19 bits per heavy atom. The average molecular weight is 451 g/mol. The lowest BCUT2D eigenvalue weighted by Crippen LogP contribution is -2.46. The molecule has 0 bridgehead atoms. The summed E-state index contributed by atoms with van der Waals surface area (Å²) in [5.41, 5.74) is 0. The zero-order valence-corrected chi connectivity index (χ0v) is 21.3. The fourth-order valence-corrected chi connectivity index (χ4v) is 7.05. The predicted octanol–water partition coefficient (Wildman–Crippen LogP) is 6.59. The van der Waals surface area contributed by atoms with Crippen LogP contribution in [0.4, 0.5) is 0 Å². The van der Waals surface area contributed by atoms with E-state index in [0.717, 1.165) is 11.9 Å². The number of ether oxygens (including phenoxy) is 1. The molecule has 164 valence electrons. The quantitative estimate of drug-likeness (QED) is 0.270. The largest absolute Gasteiger partial charge is 0.491 e. The van der Waals surface area contributed by atoms with Gasteiger partial charge in [0, 0.05) is 6.16 Å². The maximum Gasteiger partial charge on any atom is 0.192 e. The third-order valence-electron chi connectivity index (χ3n) is 5.97. The van der Waals surface area contributed by atoms with Crippen molar-refractivity contribution in [3.63, 3.8) is 0 Å². The van der Waals surface area contributed by atoms with Crippen LogP contribution in [0.15, 0.2) is 91.0 Å². The van der Waals surface area contributed by atoms with Gasteiger partial charge in [-0.05, 0) is 48.8 Å². The first-order chi connectivity index (χ1) is 14.8. The van der Waals surface area contributed by atoms with E-state index in [1.54, 1.807) is 0 Å². The van der Waals surface area contributed by atoms with Crippen LogP contribution in [0, 0.1) is 0 Å². The third kappa shape index (κ3) is 6.77. The summed E-state index contributed by atoms with van der Waals surface area (Å²) < 4.78 is 13.1. The Morgan fingerprint density at radius 3 is 1.65 bits per heavy atom. The zero-order chi connectivity index (χ0) is 22.3. The molecule has 0 fully saturated rings. The Labute approximate surface area is 190 Å². The van der Waals surface area contributed by atoms with Crippen LogP contribution in [0.1, 0.15) is 20.8 Å². The molecule has 1 atom stereocenters. The lowest BCUT2D eigenvalue weighted by atomic mass is 10.2. The number of benzene rings is 3. The van der Waals surface area contributed by atoms with E-state index in [2.05, 4.69) is 94.5 Å². The fraction of sp³-hybridized carbons (Fsp3) is 0.333. The average Bonchev–Trinajstić information content (AvgIpc) is 2.76. The van der Waals surface area contributed by atoms with E-state index in [-0.39, 0.29) is 11.1 Å². The molecule has 3 aromatic carbocycles. The van der Waals surface area contributed by atoms with Crippen LogP contribution in [0.25, 0.3) is 0 Å². The van der Waals surface area contributed by atoms with E-state index < -0.39 is 16.2 Å². The molecule has 0 heterocycles. The second-order valence-corrected chi connectivity index (χ2v) is 16.4. The second kappa shape index (κ2) is 10.6. The molecule has 31 heavy (non-hydrogen) atoms. The van der Waals surface area contributed by atoms with Crippen molar-refractivity contribution in [2.24, 2.45) is 0 Å². The summed E-state index contributed by atoms with van der Waals surface area (Å²) in [6.45, 7) is 12.1. The van der Waals surface area contributed by atoms with Crippen LogP contribution in [0.2, 0.25) is 18.1 Å². The van der Waals surface area contributed by atoms with Crippen molar-refractivity contribution in [3.05, 3.63) is 91.0 Å². The zero-order valence-electron chi connectivity index (χ0n) is 19.4. The van der Waals surface area contributed by atoms with Gasteiger partial charge in [-0.1, -0.05) is 99.6 Å². The van der Waals surface area contributed by atoms with E-state index in [4.69, 9.17) is 9.16 Å². The molecule has 0 aliphatic rings. The standard InChI is InChI=1S/C27H35O2PSi/c1-27(2,3)31(4,5)29-24(21-28-23-15-9-6-10-16-23)22-30(25-17-11-7-12-18-25)26-19-13-8-14-20-26/h6-20,24H,21-22H2,1-5H3. The summed E-state index contributed by atoms with van der Waals surface area (Å²) in [4.78, 5) is 0. The number of hydrogen-bond donors (Lipinski definition) is 0. The maximum atomic E-state index is 6.93. The van der Waals surface area contributed by atoms with Crippen molar-refractivity contribution >= 4 is 26.8 Å². The number of rotatable bonds is 9. The topological polar surface area (TPSA) is 18.5 Å². The molecule has 0 amide bonds. The Kier molecular flexibility index (Phi) is 8.10. The lowest BCUT2D eigenvalue weighted by Gasteiger charge is -2.40. The Morgan fingerprint density at radius 1 is 0.742 bits per heavy atom. The highest BCUT2D eigenvalue weighted by atomic mass is 31.1. The highest BCUT2D eigenvalue weighted by Gasteiger charge is 2.40. The summed E-state index contributed by atoms with van der Waals surface area (Å²) in [7, 11) is -2.49. The van der Waals surface area contributed by atoms with Crippen molar-refractivity contribution in [3.8, 4) is 5.75 Å². The van der Waals surface area contributed by atoms with Gasteiger partial charge in [0.25, 0.3) is 0 Å². The monoisotopic (exact) mass is 450 g/mol. The number of hydrogen-bond acceptors (Lipinski definition) is 2. The lowest BCUT2D eigenvalue weighted by molar-refractivity contribution is 0.132. The van der Waals surface area contributed by atoms with Crippen molar-refractivity contribution in [2.45, 2.75) is 45.0 Å². The van der Waals surface area contributed by atoms with Gasteiger partial charge in [-0.2, -0.15) is 0 Å². The smallest absolute Gasteiger partial charge is 0.192 e. The van der Waals surface area contributed by atoms with Gasteiger partial charge < -0.3 is 9.16 Å². The minimum absolute atomic E-state index is 0.0348. The van der Waals surface area contributed by atoms with Crippen LogP contribution in [0.5, 0.6) is 5.75 Å². The summed E-state index contributed by atoms with van der Waals surface area (Å²) in [6.07, 6.45) is 0.982. The molecule has 0 saturated heterocycles. The highest BCUT2D eigenvalue weighted by molar-refractivity contribution is 7.73. The summed E-state index contributed by atoms with van der Waals surface area (Å²) in [5.74, 6) is 0.898. The molecular weight excluding hydrogens is 415 g/mol. The number of para-hydroxylation sites is 1. The van der Waals surface area contributed by atoms with Crippen molar-refractivity contribution in [1.29, 1.82) is 0 Å². The maximum absolute atomic E-state index is 6.93. The van der Waals surface area contributed by atoms with Gasteiger partial charge in [0.15, 0.2) is 8.32 Å². The van der Waals surface area contributed by atoms with Gasteiger partial charge in [-0.25, -0.2) is 0 Å². The normalized spacial score (nSPS) is 13.2. The van der Waals surface area contributed by atoms with Gasteiger partial charge in [0.2, 0.25) is 0 Å². The van der Waals surface area contributed by atoms with E-state index in [9.17, 15) is 0 Å². The molecule has 0 radical (unpaired) electrons. The first kappa shape index (κ1) is 23.7. The van der Waals surface area contributed by atoms with E-state index in [1.807, 2.05) is 30.3 Å². The minimum Gasteiger partial charge on any atom is -0.491 e. The first-order valence-electron chi connectivity index (χ1n) is 11.0. The molecule has 2 nitrogen and oxygen atoms in total. The molecule has 0 saturated carbocycles. The van der Waals surface area contributed by atoms with E-state index in [0.29, 0.717) is 6.61 Å². The predicted molar refractivity (Wildman–Crippen MR) is 138 cm³/mol. The SMILES string of the molecule is CC(C)(C)[Si](C)(C)OC(COc1ccccc1)CP(c1ccccc1)c1ccccc1. The molecule has 0 aliphatic heterocycles. The van der Waals surface area contributed by atoms with Crippen LogP contribution in [-0.4, -0.2) is 27.2 Å². The fourth-order valence-electron chi connectivity index (χ4n) is 3.20. The molecule has 0 aliphatic carbocycles. The molecule has 0 spiro atoms. The van der Waals surface area contributed by atoms with Gasteiger partial charge >= 0.3 is 0 Å². The molecule has 0 N–H and O–H groups in total. The second-order valence-electron chi connectivity index (χ2n) is 9.41. The molecule has 3 aromatic rings. The van der Waals surface area contributed by atoms with Gasteiger partial charge in [0.1, 0.15) is 12.4 Å². The van der Waals surface area contributed by atoms with Crippen LogP contribution in [-0.2, 0) is 4.43 Å². The molecule has 3 rings (SSSR count). The molecule has 1 unspecified atom stereocenters. The van der Waals surface area contributed by atoms with Crippen molar-refractivity contribution in [1.82, 2.24) is 0 Å². The van der Waals surface area contributed by atoms with Crippen LogP contribution < -0.4 is 15.3 Å². The van der Waals surface area contributed by atoms with Gasteiger partial charge in [0.05, 0.1) is 6.10 Å². The Hall–Kier alpha value is -1.93. The van der Waals surface area contributed by atoms with Crippen molar-refractivity contribution in [2.75, 3.05) is 12.8 Å². The third-order valence-corrected chi connectivity index (χ3v) is 13.1. The Bertz CT molecular complexity index is 869. The first-order valence-corrected chi connectivity index (χ1v) is 15.4. The van der Waals surface area contributed by atoms with Crippen molar-refractivity contribution < 1.29 is 9.16 Å². The van der Waals surface area contributed by atoms with Gasteiger partial charge in [-0.3, -0.25) is 0 Å². The van der Waals surface area contributed by atoms with Crippen LogP contribution >= 0.6 is 7.92 Å².